The van der Waals surface area contributed by atoms with Gasteiger partial charge < -0.3 is 10.6 Å². The van der Waals surface area contributed by atoms with Crippen LogP contribution in [-0.2, 0) is 13.0 Å². The second-order valence-electron chi connectivity index (χ2n) is 5.55. The van der Waals surface area contributed by atoms with Gasteiger partial charge in [-0.1, -0.05) is 44.2 Å². The molecule has 1 aromatic carbocycles. The summed E-state index contributed by atoms with van der Waals surface area (Å²) in [5, 5.41) is 12.9. The van der Waals surface area contributed by atoms with Crippen molar-refractivity contribution in [2.24, 2.45) is 0 Å². The SMILES string of the molecule is CCc1cc(CNC(=O)N[C@H](C)[C@H](C)c2ccccc2)[nH]n1. The molecule has 2 aromatic rings. The third-order valence-corrected chi connectivity index (χ3v) is 3.92. The lowest BCUT2D eigenvalue weighted by Gasteiger charge is -2.21. The van der Waals surface area contributed by atoms with E-state index in [1.807, 2.05) is 38.1 Å². The Kier molecular flexibility index (Phi) is 5.58. The molecule has 0 unspecified atom stereocenters. The average molecular weight is 300 g/mol. The molecule has 118 valence electrons. The number of nitrogens with one attached hydrogen (secondary N) is 3. The first-order valence-electron chi connectivity index (χ1n) is 7.72. The lowest BCUT2D eigenvalue weighted by Crippen LogP contribution is -2.42. The van der Waals surface area contributed by atoms with Gasteiger partial charge in [-0.3, -0.25) is 5.10 Å². The summed E-state index contributed by atoms with van der Waals surface area (Å²) in [6, 6.07) is 12.0. The summed E-state index contributed by atoms with van der Waals surface area (Å²) in [5.74, 6) is 0.255. The van der Waals surface area contributed by atoms with Crippen LogP contribution in [0.1, 0.15) is 43.6 Å². The number of urea groups is 1. The number of aromatic nitrogens is 2. The molecule has 2 atom stereocenters. The Bertz CT molecular complexity index is 594. The number of benzene rings is 1. The minimum atomic E-state index is -0.164. The number of hydrogen-bond acceptors (Lipinski definition) is 2. The van der Waals surface area contributed by atoms with E-state index in [1.54, 1.807) is 0 Å². The van der Waals surface area contributed by atoms with Crippen LogP contribution in [0.4, 0.5) is 4.79 Å². The number of rotatable bonds is 6. The molecule has 1 heterocycles. The molecule has 0 aliphatic rings. The van der Waals surface area contributed by atoms with Gasteiger partial charge in [-0.2, -0.15) is 5.10 Å². The largest absolute Gasteiger partial charge is 0.335 e. The number of aromatic amines is 1. The number of aryl methyl sites for hydroxylation is 1. The van der Waals surface area contributed by atoms with Crippen LogP contribution in [0.15, 0.2) is 36.4 Å². The normalized spacial score (nSPS) is 13.4. The number of amides is 2. The molecule has 2 rings (SSSR count). The molecule has 0 spiro atoms. The van der Waals surface area contributed by atoms with Gasteiger partial charge in [0.2, 0.25) is 0 Å². The molecule has 1 aromatic heterocycles. The van der Waals surface area contributed by atoms with Gasteiger partial charge in [-0.05, 0) is 25.0 Å². The topological polar surface area (TPSA) is 69.8 Å². The van der Waals surface area contributed by atoms with Crippen LogP contribution < -0.4 is 10.6 Å². The van der Waals surface area contributed by atoms with Crippen LogP contribution in [0.25, 0.3) is 0 Å². The third kappa shape index (κ3) is 4.35. The summed E-state index contributed by atoms with van der Waals surface area (Å²) in [4.78, 5) is 12.0. The Morgan fingerprint density at radius 1 is 1.27 bits per heavy atom. The first-order chi connectivity index (χ1) is 10.6. The fourth-order valence-corrected chi connectivity index (χ4v) is 2.28. The number of nitrogens with zero attached hydrogens (tertiary/aromatic N) is 1. The molecule has 3 N–H and O–H groups in total. The Morgan fingerprint density at radius 2 is 2.00 bits per heavy atom. The second-order valence-corrected chi connectivity index (χ2v) is 5.55. The molecule has 0 radical (unpaired) electrons. The highest BCUT2D eigenvalue weighted by Gasteiger charge is 2.16. The first-order valence-corrected chi connectivity index (χ1v) is 7.72. The molecule has 5 nitrogen and oxygen atoms in total. The van der Waals surface area contributed by atoms with Crippen molar-refractivity contribution in [1.82, 2.24) is 20.8 Å². The first kappa shape index (κ1) is 16.1. The van der Waals surface area contributed by atoms with Gasteiger partial charge in [0.05, 0.1) is 17.9 Å². The standard InChI is InChI=1S/C17H24N4O/c1-4-15-10-16(21-20-15)11-18-17(22)19-13(3)12(2)14-8-6-5-7-9-14/h5-10,12-13H,4,11H2,1-3H3,(H,20,21)(H2,18,19,22)/t12-,13+/m0/s1. The van der Waals surface area contributed by atoms with E-state index in [-0.39, 0.29) is 18.0 Å². The van der Waals surface area contributed by atoms with E-state index in [4.69, 9.17) is 0 Å². The fraction of sp³-hybridized carbons (Fsp3) is 0.412. The highest BCUT2D eigenvalue weighted by Crippen LogP contribution is 2.18. The molecule has 0 aliphatic heterocycles. The van der Waals surface area contributed by atoms with Gasteiger partial charge in [0.1, 0.15) is 0 Å². The van der Waals surface area contributed by atoms with E-state index in [0.717, 1.165) is 17.8 Å². The molecule has 0 bridgehead atoms. The maximum absolute atomic E-state index is 12.0. The van der Waals surface area contributed by atoms with Crippen LogP contribution >= 0.6 is 0 Å². The molecule has 5 heteroatoms. The van der Waals surface area contributed by atoms with Crippen molar-refractivity contribution in [1.29, 1.82) is 0 Å². The van der Waals surface area contributed by atoms with Crippen molar-refractivity contribution in [2.45, 2.75) is 45.7 Å². The van der Waals surface area contributed by atoms with Crippen molar-refractivity contribution in [3.8, 4) is 0 Å². The average Bonchev–Trinajstić information content (AvgIpc) is 3.01. The van der Waals surface area contributed by atoms with Crippen LogP contribution in [0, 0.1) is 0 Å². The predicted molar refractivity (Wildman–Crippen MR) is 87.7 cm³/mol. The number of H-pyrrole nitrogens is 1. The second kappa shape index (κ2) is 7.64. The molecule has 0 aliphatic carbocycles. The molecule has 0 saturated carbocycles. The Labute approximate surface area is 131 Å². The number of carbonyl (C=O) groups is 1. The van der Waals surface area contributed by atoms with Crippen LogP contribution in [0.5, 0.6) is 0 Å². The van der Waals surface area contributed by atoms with Gasteiger partial charge in [0, 0.05) is 12.0 Å². The quantitative estimate of drug-likeness (QED) is 0.767. The molecule has 22 heavy (non-hydrogen) atoms. The van der Waals surface area contributed by atoms with Gasteiger partial charge in [-0.15, -0.1) is 0 Å². The number of carbonyl (C=O) groups excluding carboxylic acids is 1. The van der Waals surface area contributed by atoms with Crippen molar-refractivity contribution in [2.75, 3.05) is 0 Å². The fourth-order valence-electron chi connectivity index (χ4n) is 2.28. The summed E-state index contributed by atoms with van der Waals surface area (Å²) >= 11 is 0. The van der Waals surface area contributed by atoms with E-state index in [0.29, 0.717) is 6.54 Å². The van der Waals surface area contributed by atoms with E-state index < -0.39 is 0 Å². The smallest absolute Gasteiger partial charge is 0.315 e. The maximum atomic E-state index is 12.0. The Balaban J connectivity index is 1.81. The molecular formula is C17H24N4O. The third-order valence-electron chi connectivity index (χ3n) is 3.92. The van der Waals surface area contributed by atoms with E-state index in [9.17, 15) is 4.79 Å². The summed E-state index contributed by atoms with van der Waals surface area (Å²) in [6.07, 6.45) is 0.883. The number of hydrogen-bond donors (Lipinski definition) is 3. The van der Waals surface area contributed by atoms with Crippen molar-refractivity contribution >= 4 is 6.03 Å². The predicted octanol–water partition coefficient (Wildman–Crippen LogP) is 2.96. The summed E-state index contributed by atoms with van der Waals surface area (Å²) in [7, 11) is 0. The van der Waals surface area contributed by atoms with Crippen LogP contribution in [-0.4, -0.2) is 22.3 Å². The molecule has 2 amide bonds. The summed E-state index contributed by atoms with van der Waals surface area (Å²) in [6.45, 7) is 6.63. The zero-order chi connectivity index (χ0) is 15.9. The summed E-state index contributed by atoms with van der Waals surface area (Å²) < 4.78 is 0. The lowest BCUT2D eigenvalue weighted by atomic mass is 9.95. The minimum Gasteiger partial charge on any atom is -0.335 e. The van der Waals surface area contributed by atoms with Gasteiger partial charge in [0.25, 0.3) is 0 Å². The van der Waals surface area contributed by atoms with E-state index in [2.05, 4.69) is 39.9 Å². The summed E-state index contributed by atoms with van der Waals surface area (Å²) in [5.41, 5.74) is 3.13. The Hall–Kier alpha value is -2.30. The molecular weight excluding hydrogens is 276 g/mol. The van der Waals surface area contributed by atoms with Gasteiger partial charge in [-0.25, -0.2) is 4.79 Å². The zero-order valence-corrected chi connectivity index (χ0v) is 13.4. The molecule has 0 saturated heterocycles. The van der Waals surface area contributed by atoms with Crippen molar-refractivity contribution < 1.29 is 4.79 Å². The maximum Gasteiger partial charge on any atom is 0.315 e. The molecule has 0 fully saturated rings. The van der Waals surface area contributed by atoms with E-state index in [1.165, 1.54) is 5.56 Å². The monoisotopic (exact) mass is 300 g/mol. The van der Waals surface area contributed by atoms with Crippen molar-refractivity contribution in [3.05, 3.63) is 53.3 Å². The van der Waals surface area contributed by atoms with Crippen LogP contribution in [0.3, 0.4) is 0 Å². The minimum absolute atomic E-state index is 0.0513. The van der Waals surface area contributed by atoms with Crippen LogP contribution in [0.2, 0.25) is 0 Å². The van der Waals surface area contributed by atoms with Crippen molar-refractivity contribution in [3.63, 3.8) is 0 Å². The Morgan fingerprint density at radius 3 is 2.64 bits per heavy atom. The van der Waals surface area contributed by atoms with Gasteiger partial charge >= 0.3 is 6.03 Å². The van der Waals surface area contributed by atoms with Gasteiger partial charge in [0.15, 0.2) is 0 Å². The lowest BCUT2D eigenvalue weighted by molar-refractivity contribution is 0.235. The zero-order valence-electron chi connectivity index (χ0n) is 13.4. The van der Waals surface area contributed by atoms with E-state index >= 15 is 0 Å². The highest BCUT2D eigenvalue weighted by molar-refractivity contribution is 5.74. The highest BCUT2D eigenvalue weighted by atomic mass is 16.2.